The Balaban J connectivity index is 4.10. The molecule has 1 amide bonds. The number of aliphatic hydroxyl groups excluding tert-OH is 2. The van der Waals surface area contributed by atoms with Crippen LogP contribution in [0.5, 0.6) is 0 Å². The van der Waals surface area contributed by atoms with Gasteiger partial charge in [-0.15, -0.1) is 0 Å². The topological polar surface area (TPSA) is 86.6 Å². The van der Waals surface area contributed by atoms with Crippen molar-refractivity contribution in [3.05, 3.63) is 0 Å². The van der Waals surface area contributed by atoms with E-state index in [1.54, 1.807) is 6.92 Å². The fraction of sp³-hybridized carbons (Fsp3) is 0.778. The molecule has 2 atom stereocenters. The van der Waals surface area contributed by atoms with Crippen molar-refractivity contribution in [1.82, 2.24) is 5.32 Å². The Hall–Kier alpha value is -0.940. The second kappa shape index (κ2) is 6.50. The largest absolute Gasteiger partial charge is 0.395 e. The number of hydrogen-bond acceptors (Lipinski definition) is 4. The maximum absolute atomic E-state index is 11.3. The van der Waals surface area contributed by atoms with Gasteiger partial charge in [0.25, 0.3) is 5.91 Å². The third kappa shape index (κ3) is 3.85. The van der Waals surface area contributed by atoms with Crippen molar-refractivity contribution in [2.24, 2.45) is 5.92 Å². The van der Waals surface area contributed by atoms with Gasteiger partial charge in [0.05, 0.1) is 18.6 Å². The van der Waals surface area contributed by atoms with Gasteiger partial charge in [0.1, 0.15) is 0 Å². The maximum Gasteiger partial charge on any atom is 0.287 e. The lowest BCUT2D eigenvalue weighted by Gasteiger charge is -2.15. The van der Waals surface area contributed by atoms with E-state index < -0.39 is 23.7 Å². The van der Waals surface area contributed by atoms with Crippen molar-refractivity contribution in [3.63, 3.8) is 0 Å². The van der Waals surface area contributed by atoms with Gasteiger partial charge in [-0.25, -0.2) is 0 Å². The molecule has 0 aromatic carbocycles. The van der Waals surface area contributed by atoms with Crippen LogP contribution in [0.15, 0.2) is 0 Å². The molecule has 0 rings (SSSR count). The minimum absolute atomic E-state index is 0.0551. The Morgan fingerprint density at radius 1 is 1.43 bits per heavy atom. The van der Waals surface area contributed by atoms with Crippen LogP contribution in [0.4, 0.5) is 0 Å². The number of carbonyl (C=O) groups excluding carboxylic acids is 2. The summed E-state index contributed by atoms with van der Waals surface area (Å²) < 4.78 is 0. The molecular weight excluding hydrogens is 186 g/mol. The average molecular weight is 203 g/mol. The van der Waals surface area contributed by atoms with Crippen LogP contribution in [0.1, 0.15) is 20.3 Å². The average Bonchev–Trinajstić information content (AvgIpc) is 2.22. The standard InChI is InChI=1S/C9H17NO4/c1-3-7(12)6(2)8(13)9(14)10-4-5-11/h6-7,11-12H,3-5H2,1-2H3,(H,10,14). The van der Waals surface area contributed by atoms with Crippen LogP contribution in [0, 0.1) is 5.92 Å². The third-order valence-corrected chi connectivity index (χ3v) is 2.03. The first-order valence-electron chi connectivity index (χ1n) is 4.65. The summed E-state index contributed by atoms with van der Waals surface area (Å²) in [5.41, 5.74) is 0. The predicted molar refractivity (Wildman–Crippen MR) is 50.6 cm³/mol. The Morgan fingerprint density at radius 3 is 2.43 bits per heavy atom. The molecule has 0 aliphatic carbocycles. The van der Waals surface area contributed by atoms with Crippen LogP contribution in [-0.4, -0.2) is 41.2 Å². The number of carbonyl (C=O) groups is 2. The van der Waals surface area contributed by atoms with Crippen molar-refractivity contribution in [2.45, 2.75) is 26.4 Å². The van der Waals surface area contributed by atoms with E-state index in [0.717, 1.165) is 0 Å². The van der Waals surface area contributed by atoms with Gasteiger partial charge < -0.3 is 15.5 Å². The minimum Gasteiger partial charge on any atom is -0.395 e. The molecular formula is C9H17NO4. The van der Waals surface area contributed by atoms with Gasteiger partial charge in [-0.1, -0.05) is 13.8 Å². The number of ketones is 1. The Labute approximate surface area is 83.1 Å². The van der Waals surface area contributed by atoms with E-state index >= 15 is 0 Å². The third-order valence-electron chi connectivity index (χ3n) is 2.03. The van der Waals surface area contributed by atoms with E-state index in [2.05, 4.69) is 5.32 Å². The number of nitrogens with one attached hydrogen (secondary N) is 1. The van der Waals surface area contributed by atoms with Crippen LogP contribution in [-0.2, 0) is 9.59 Å². The van der Waals surface area contributed by atoms with E-state index in [1.165, 1.54) is 6.92 Å². The second-order valence-electron chi connectivity index (χ2n) is 3.11. The molecule has 82 valence electrons. The number of hydrogen-bond donors (Lipinski definition) is 3. The zero-order chi connectivity index (χ0) is 11.1. The predicted octanol–water partition coefficient (Wildman–Crippen LogP) is -0.929. The molecule has 5 heteroatoms. The quantitative estimate of drug-likeness (QED) is 0.487. The first kappa shape index (κ1) is 13.1. The van der Waals surface area contributed by atoms with Gasteiger partial charge in [0, 0.05) is 6.54 Å². The molecule has 0 heterocycles. The summed E-state index contributed by atoms with van der Waals surface area (Å²) in [6, 6.07) is 0. The zero-order valence-corrected chi connectivity index (χ0v) is 8.49. The minimum atomic E-state index is -0.789. The highest BCUT2D eigenvalue weighted by atomic mass is 16.3. The van der Waals surface area contributed by atoms with E-state index in [4.69, 9.17) is 5.11 Å². The first-order valence-corrected chi connectivity index (χ1v) is 4.65. The molecule has 14 heavy (non-hydrogen) atoms. The summed E-state index contributed by atoms with van der Waals surface area (Å²) in [7, 11) is 0. The van der Waals surface area contributed by atoms with Crippen molar-refractivity contribution in [2.75, 3.05) is 13.2 Å². The molecule has 0 spiro atoms. The molecule has 0 saturated heterocycles. The van der Waals surface area contributed by atoms with Crippen LogP contribution >= 0.6 is 0 Å². The van der Waals surface area contributed by atoms with Gasteiger partial charge in [-0.3, -0.25) is 9.59 Å². The molecule has 0 aliphatic rings. The Morgan fingerprint density at radius 2 is 2.00 bits per heavy atom. The SMILES string of the molecule is CCC(O)C(C)C(=O)C(=O)NCCO. The fourth-order valence-corrected chi connectivity index (χ4v) is 0.992. The van der Waals surface area contributed by atoms with Gasteiger partial charge in [-0.05, 0) is 6.42 Å². The molecule has 0 bridgehead atoms. The Kier molecular flexibility index (Phi) is 6.07. The maximum atomic E-state index is 11.3. The first-order chi connectivity index (χ1) is 6.54. The van der Waals surface area contributed by atoms with E-state index in [1.807, 2.05) is 0 Å². The van der Waals surface area contributed by atoms with Crippen molar-refractivity contribution in [3.8, 4) is 0 Å². The zero-order valence-electron chi connectivity index (χ0n) is 8.49. The summed E-state index contributed by atoms with van der Waals surface area (Å²) >= 11 is 0. The van der Waals surface area contributed by atoms with E-state index in [0.29, 0.717) is 6.42 Å². The normalized spacial score (nSPS) is 14.6. The lowest BCUT2D eigenvalue weighted by atomic mass is 9.97. The Bertz CT molecular complexity index is 205. The van der Waals surface area contributed by atoms with Gasteiger partial charge in [-0.2, -0.15) is 0 Å². The molecule has 0 radical (unpaired) electrons. The molecule has 0 aromatic heterocycles. The highest BCUT2D eigenvalue weighted by Gasteiger charge is 2.25. The molecule has 0 saturated carbocycles. The molecule has 3 N–H and O–H groups in total. The summed E-state index contributed by atoms with van der Waals surface area (Å²) in [5, 5.41) is 20.0. The van der Waals surface area contributed by atoms with Crippen LogP contribution in [0.3, 0.4) is 0 Å². The van der Waals surface area contributed by atoms with Gasteiger partial charge >= 0.3 is 0 Å². The van der Waals surface area contributed by atoms with Crippen molar-refractivity contribution < 1.29 is 19.8 Å². The monoisotopic (exact) mass is 203 g/mol. The molecule has 2 unspecified atom stereocenters. The van der Waals surface area contributed by atoms with E-state index in [-0.39, 0.29) is 13.2 Å². The summed E-state index contributed by atoms with van der Waals surface area (Å²) in [6.45, 7) is 3.10. The fourth-order valence-electron chi connectivity index (χ4n) is 0.992. The molecule has 0 aromatic rings. The number of Topliss-reactive ketones (excluding diaryl/α,β-unsaturated/α-hetero) is 1. The highest BCUT2D eigenvalue weighted by Crippen LogP contribution is 2.07. The second-order valence-corrected chi connectivity index (χ2v) is 3.11. The van der Waals surface area contributed by atoms with E-state index in [9.17, 15) is 14.7 Å². The van der Waals surface area contributed by atoms with Gasteiger partial charge in [0.2, 0.25) is 5.78 Å². The van der Waals surface area contributed by atoms with Crippen molar-refractivity contribution >= 4 is 11.7 Å². The summed E-state index contributed by atoms with van der Waals surface area (Å²) in [6.07, 6.45) is -0.359. The van der Waals surface area contributed by atoms with Crippen LogP contribution < -0.4 is 5.32 Å². The van der Waals surface area contributed by atoms with Crippen molar-refractivity contribution in [1.29, 1.82) is 0 Å². The van der Waals surface area contributed by atoms with Crippen LogP contribution in [0.25, 0.3) is 0 Å². The number of aliphatic hydroxyl groups is 2. The lowest BCUT2D eigenvalue weighted by molar-refractivity contribution is -0.142. The van der Waals surface area contributed by atoms with Gasteiger partial charge in [0.15, 0.2) is 0 Å². The van der Waals surface area contributed by atoms with Crippen LogP contribution in [0.2, 0.25) is 0 Å². The summed E-state index contributed by atoms with van der Waals surface area (Å²) in [5.74, 6) is -2.09. The summed E-state index contributed by atoms with van der Waals surface area (Å²) in [4.78, 5) is 22.4. The number of amides is 1. The highest BCUT2D eigenvalue weighted by molar-refractivity contribution is 6.37. The smallest absolute Gasteiger partial charge is 0.287 e. The molecule has 5 nitrogen and oxygen atoms in total. The lowest BCUT2D eigenvalue weighted by Crippen LogP contribution is -2.39. The number of rotatable bonds is 6. The molecule has 0 fully saturated rings. The molecule has 0 aliphatic heterocycles.